The van der Waals surface area contributed by atoms with E-state index in [1.54, 1.807) is 0 Å². The molecule has 3 heteroatoms. The molecule has 74 valence electrons. The molecule has 3 nitrogen and oxygen atoms in total. The first kappa shape index (κ1) is 11.9. The van der Waals surface area contributed by atoms with Gasteiger partial charge in [0.15, 0.2) is 0 Å². The second-order valence-electron chi connectivity index (χ2n) is 3.39. The Morgan fingerprint density at radius 2 is 1.42 bits per heavy atom. The van der Waals surface area contributed by atoms with Crippen LogP contribution in [0, 0.1) is 0 Å². The Bertz CT molecular complexity index is 98.7. The topological polar surface area (TPSA) is 40.5 Å². The van der Waals surface area contributed by atoms with Crippen molar-refractivity contribution >= 4 is 0 Å². The lowest BCUT2D eigenvalue weighted by Gasteiger charge is -2.27. The minimum atomic E-state index is -0.165. The fraction of sp³-hybridized carbons (Fsp3) is 1.00. The number of unbranched alkanes of at least 4 members (excludes halogenated alkanes) is 2. The van der Waals surface area contributed by atoms with E-state index in [-0.39, 0.29) is 11.4 Å². The molecule has 12 heavy (non-hydrogen) atoms. The van der Waals surface area contributed by atoms with Crippen LogP contribution >= 0.6 is 0 Å². The van der Waals surface area contributed by atoms with Gasteiger partial charge in [-0.1, -0.05) is 26.7 Å². The molecular weight excluding hydrogens is 154 g/mol. The Hall–Kier alpha value is -0.120. The summed E-state index contributed by atoms with van der Waals surface area (Å²) in [6.45, 7) is 5.36. The van der Waals surface area contributed by atoms with Crippen molar-refractivity contribution in [2.24, 2.45) is 0 Å². The molecule has 2 N–H and O–H groups in total. The summed E-state index contributed by atoms with van der Waals surface area (Å²) in [7, 11) is 0. The van der Waals surface area contributed by atoms with Crippen molar-refractivity contribution in [1.29, 1.82) is 0 Å². The average Bonchev–Trinajstić information content (AvgIpc) is 2.11. The zero-order valence-electron chi connectivity index (χ0n) is 8.29. The van der Waals surface area contributed by atoms with Crippen molar-refractivity contribution in [3.8, 4) is 0 Å². The molecule has 0 bridgehead atoms. The minimum absolute atomic E-state index is 0.153. The van der Waals surface area contributed by atoms with Gasteiger partial charge in [-0.3, -0.25) is 0 Å². The highest BCUT2D eigenvalue weighted by atomic mass is 16.6. The number of nitrogens with zero attached hydrogens (tertiary/aromatic N) is 1. The molecule has 0 amide bonds. The van der Waals surface area contributed by atoms with Gasteiger partial charge in [-0.25, -0.2) is 5.21 Å². The van der Waals surface area contributed by atoms with Gasteiger partial charge < -0.3 is 5.11 Å². The Labute approximate surface area is 75.2 Å². The highest BCUT2D eigenvalue weighted by Crippen LogP contribution is 2.06. The summed E-state index contributed by atoms with van der Waals surface area (Å²) in [5.41, 5.74) is 0. The molecule has 0 aliphatic heterocycles. The monoisotopic (exact) mass is 176 g/mol. The van der Waals surface area contributed by atoms with Crippen LogP contribution in [0.5, 0.6) is 0 Å². The van der Waals surface area contributed by atoms with Gasteiger partial charge in [0.05, 0.1) is 0 Å². The fourth-order valence-corrected chi connectivity index (χ4v) is 1.16. The van der Waals surface area contributed by atoms with Crippen molar-refractivity contribution in [3.05, 3.63) is 0 Å². The van der Waals surface area contributed by atoms with Gasteiger partial charge in [0, 0.05) is 0 Å². The molecular formula is C9H22NO2+. The van der Waals surface area contributed by atoms with Crippen LogP contribution in [-0.4, -0.2) is 34.8 Å². The van der Waals surface area contributed by atoms with Crippen molar-refractivity contribution in [3.63, 3.8) is 0 Å². The third-order valence-corrected chi connectivity index (χ3v) is 2.12. The summed E-state index contributed by atoms with van der Waals surface area (Å²) in [5, 5.41) is 18.7. The highest BCUT2D eigenvalue weighted by Gasteiger charge is 2.22. The number of aliphatic hydroxyl groups excluding tert-OH is 1. The molecule has 0 aliphatic carbocycles. The average molecular weight is 176 g/mol. The second-order valence-corrected chi connectivity index (χ2v) is 3.39. The normalized spacial score (nSPS) is 12.0. The number of aliphatic hydroxyl groups is 1. The molecule has 0 aromatic carbocycles. The number of hydroxylamine groups is 3. The van der Waals surface area contributed by atoms with E-state index in [2.05, 4.69) is 13.8 Å². The van der Waals surface area contributed by atoms with Crippen LogP contribution in [0.2, 0.25) is 0 Å². The van der Waals surface area contributed by atoms with Crippen LogP contribution in [0.4, 0.5) is 0 Å². The predicted octanol–water partition coefficient (Wildman–Crippen LogP) is 1.74. The largest absolute Gasteiger partial charge is 0.345 e. The number of rotatable bonds is 7. The Morgan fingerprint density at radius 1 is 1.00 bits per heavy atom. The maximum absolute atomic E-state index is 9.77. The molecule has 0 unspecified atom stereocenters. The van der Waals surface area contributed by atoms with Gasteiger partial charge >= 0.3 is 0 Å². The van der Waals surface area contributed by atoms with Crippen LogP contribution in [0.1, 0.15) is 39.5 Å². The van der Waals surface area contributed by atoms with Crippen LogP contribution in [0.3, 0.4) is 0 Å². The second kappa shape index (κ2) is 6.40. The Balaban J connectivity index is 3.70. The molecule has 0 rings (SSSR count). The first-order valence-electron chi connectivity index (χ1n) is 4.88. The molecule has 0 aromatic heterocycles. The van der Waals surface area contributed by atoms with Crippen molar-refractivity contribution in [2.45, 2.75) is 39.5 Å². The standard InChI is InChI=1S/C9H22NO2/c1-3-5-7-10(12,9-11)8-6-4-2/h11-12H,3-9H2,1-2H3/q+1. The van der Waals surface area contributed by atoms with Crippen LogP contribution in [-0.2, 0) is 0 Å². The van der Waals surface area contributed by atoms with Crippen LogP contribution < -0.4 is 0 Å². The lowest BCUT2D eigenvalue weighted by Crippen LogP contribution is -2.46. The van der Waals surface area contributed by atoms with E-state index in [1.807, 2.05) is 0 Å². The number of hydrogen-bond acceptors (Lipinski definition) is 2. The Morgan fingerprint density at radius 3 is 1.67 bits per heavy atom. The van der Waals surface area contributed by atoms with Crippen LogP contribution in [0.15, 0.2) is 0 Å². The maximum Gasteiger partial charge on any atom is 0.210 e. The third-order valence-electron chi connectivity index (χ3n) is 2.12. The predicted molar refractivity (Wildman–Crippen MR) is 48.7 cm³/mol. The zero-order chi connectivity index (χ0) is 9.45. The summed E-state index contributed by atoms with van der Waals surface area (Å²) in [5.74, 6) is 0. The van der Waals surface area contributed by atoms with Gasteiger partial charge in [0.25, 0.3) is 0 Å². The van der Waals surface area contributed by atoms with Crippen molar-refractivity contribution in [2.75, 3.05) is 19.8 Å². The lowest BCUT2D eigenvalue weighted by atomic mass is 10.3. The quantitative estimate of drug-likeness (QED) is 0.352. The Kier molecular flexibility index (Phi) is 6.34. The molecule has 0 atom stereocenters. The van der Waals surface area contributed by atoms with Crippen LogP contribution in [0.25, 0.3) is 0 Å². The first-order valence-corrected chi connectivity index (χ1v) is 4.88. The summed E-state index contributed by atoms with van der Waals surface area (Å²) in [4.78, 5) is 0. The minimum Gasteiger partial charge on any atom is -0.345 e. The van der Waals surface area contributed by atoms with E-state index in [9.17, 15) is 5.21 Å². The summed E-state index contributed by atoms with van der Waals surface area (Å²) in [6.07, 6.45) is 4.07. The van der Waals surface area contributed by atoms with Gasteiger partial charge in [-0.2, -0.15) is 4.65 Å². The molecule has 0 radical (unpaired) electrons. The molecule has 0 aromatic rings. The van der Waals surface area contributed by atoms with E-state index in [1.165, 1.54) is 0 Å². The molecule has 0 fully saturated rings. The van der Waals surface area contributed by atoms with Crippen molar-refractivity contribution < 1.29 is 15.0 Å². The maximum atomic E-state index is 9.77. The lowest BCUT2D eigenvalue weighted by molar-refractivity contribution is -1.11. The summed E-state index contributed by atoms with van der Waals surface area (Å²) in [6, 6.07) is 0. The van der Waals surface area contributed by atoms with Crippen molar-refractivity contribution in [1.82, 2.24) is 0 Å². The molecule has 0 saturated carbocycles. The third kappa shape index (κ3) is 4.70. The number of quaternary nitrogens is 1. The van der Waals surface area contributed by atoms with E-state index >= 15 is 0 Å². The first-order chi connectivity index (χ1) is 5.68. The van der Waals surface area contributed by atoms with Gasteiger partial charge in [-0.05, 0) is 12.8 Å². The highest BCUT2D eigenvalue weighted by molar-refractivity contribution is 4.35. The molecule has 0 saturated heterocycles. The van der Waals surface area contributed by atoms with E-state index in [4.69, 9.17) is 5.11 Å². The fourth-order valence-electron chi connectivity index (χ4n) is 1.16. The van der Waals surface area contributed by atoms with E-state index < -0.39 is 0 Å². The zero-order valence-corrected chi connectivity index (χ0v) is 8.29. The van der Waals surface area contributed by atoms with Gasteiger partial charge in [-0.15, -0.1) is 0 Å². The summed E-state index contributed by atoms with van der Waals surface area (Å²) < 4.78 is -0.165. The SMILES string of the molecule is CCCC[N+](O)(CO)CCCC. The number of hydrogen-bond donors (Lipinski definition) is 2. The van der Waals surface area contributed by atoms with Gasteiger partial charge in [0.1, 0.15) is 13.1 Å². The summed E-state index contributed by atoms with van der Waals surface area (Å²) >= 11 is 0. The van der Waals surface area contributed by atoms with E-state index in [0.29, 0.717) is 13.1 Å². The molecule has 0 spiro atoms. The van der Waals surface area contributed by atoms with Gasteiger partial charge in [0.2, 0.25) is 6.73 Å². The smallest absolute Gasteiger partial charge is 0.210 e. The molecule has 0 aliphatic rings. The van der Waals surface area contributed by atoms with E-state index in [0.717, 1.165) is 25.7 Å². The molecule has 0 heterocycles.